The number of halogens is 2. The van der Waals surface area contributed by atoms with Gasteiger partial charge in [-0.25, -0.2) is 18.7 Å². The van der Waals surface area contributed by atoms with Crippen molar-refractivity contribution < 1.29 is 18.7 Å². The summed E-state index contributed by atoms with van der Waals surface area (Å²) in [5.74, 6) is -0.628. The van der Waals surface area contributed by atoms with Crippen molar-refractivity contribution in [3.05, 3.63) is 88.6 Å². The van der Waals surface area contributed by atoms with Crippen molar-refractivity contribution in [1.29, 1.82) is 0 Å². The van der Waals surface area contributed by atoms with Gasteiger partial charge in [-0.05, 0) is 111 Å². The van der Waals surface area contributed by atoms with Crippen LogP contribution in [0.4, 0.5) is 26.0 Å². The number of alkyl halides is 2. The van der Waals surface area contributed by atoms with Crippen LogP contribution in [-0.2, 0) is 13.1 Å². The first kappa shape index (κ1) is 35.2. The topological polar surface area (TPSA) is 124 Å². The number of hydrogen-bond donors (Lipinski definition) is 3. The van der Waals surface area contributed by atoms with E-state index in [1.54, 1.807) is 12.3 Å². The number of amides is 1. The Morgan fingerprint density at radius 2 is 1.68 bits per heavy atom. The molecule has 276 valence electrons. The SMILES string of the molecule is Cc1c(NC(=O)c2cc3n(n2)CCC[C@@H]3N2CCCCC2)cccc1-c1cccc(Nc2nc(C(F)F)nc3cc(CN4CC[C@@H](O)C4)cnc23)c1C. The van der Waals surface area contributed by atoms with Gasteiger partial charge in [0, 0.05) is 43.8 Å². The molecular weight excluding hydrogens is 676 g/mol. The maximum atomic E-state index is 14.0. The van der Waals surface area contributed by atoms with Gasteiger partial charge in [0.05, 0.1) is 23.4 Å². The standard InChI is InChI=1S/C40H45F2N9O2/c1-24-28(9-6-11-30(24)44-38-36-32(45-39(47-38)37(41)42)19-26(21-43-36)22-49-18-14-27(52)23-49)29-10-7-12-31(25(29)2)46-40(53)33-20-35-34(13-8-17-51(35)48-33)50-15-4-3-5-16-50/h6-7,9-12,19-21,27,34,37,52H,3-5,8,13-18,22-23H2,1-2H3,(H,46,53)(H,44,45,47)/t27-,34+/m1/s1. The fourth-order valence-corrected chi connectivity index (χ4v) is 8.17. The lowest BCUT2D eigenvalue weighted by molar-refractivity contribution is 0.102. The molecule has 0 saturated carbocycles. The van der Waals surface area contributed by atoms with Crippen LogP contribution >= 0.6 is 0 Å². The van der Waals surface area contributed by atoms with Gasteiger partial charge in [0.15, 0.2) is 17.3 Å². The van der Waals surface area contributed by atoms with Crippen molar-refractivity contribution in [2.45, 2.75) is 84.0 Å². The monoisotopic (exact) mass is 721 g/mol. The molecule has 2 saturated heterocycles. The number of anilines is 3. The van der Waals surface area contributed by atoms with Gasteiger partial charge in [-0.15, -0.1) is 0 Å². The van der Waals surface area contributed by atoms with E-state index in [0.717, 1.165) is 72.5 Å². The van der Waals surface area contributed by atoms with Crippen LogP contribution in [0, 0.1) is 13.8 Å². The molecule has 5 aromatic rings. The Balaban J connectivity index is 1.04. The molecule has 0 bridgehead atoms. The number of aromatic nitrogens is 5. The van der Waals surface area contributed by atoms with Crippen molar-refractivity contribution in [2.24, 2.45) is 0 Å². The molecule has 2 atom stereocenters. The molecular formula is C40H45F2N9O2. The van der Waals surface area contributed by atoms with Crippen molar-refractivity contribution in [3.8, 4) is 11.1 Å². The number of β-amino-alcohol motifs (C(OH)–C–C–N with tert-alkyl or cyclic N) is 1. The van der Waals surface area contributed by atoms with Gasteiger partial charge in [-0.2, -0.15) is 5.10 Å². The molecule has 53 heavy (non-hydrogen) atoms. The van der Waals surface area contributed by atoms with Crippen LogP contribution in [-0.4, -0.2) is 77.8 Å². The van der Waals surface area contributed by atoms with Crippen LogP contribution in [0.15, 0.2) is 54.7 Å². The molecule has 3 N–H and O–H groups in total. The fraction of sp³-hybridized carbons (Fsp3) is 0.425. The third-order valence-corrected chi connectivity index (χ3v) is 11.0. The van der Waals surface area contributed by atoms with Gasteiger partial charge < -0.3 is 15.7 Å². The number of rotatable bonds is 9. The second-order valence-corrected chi connectivity index (χ2v) is 14.6. The number of aliphatic hydroxyl groups excluding tert-OH is 1. The van der Waals surface area contributed by atoms with E-state index >= 15 is 0 Å². The van der Waals surface area contributed by atoms with E-state index in [0.29, 0.717) is 53.7 Å². The first-order valence-corrected chi connectivity index (χ1v) is 18.7. The summed E-state index contributed by atoms with van der Waals surface area (Å²) in [6.07, 6.45) is 5.04. The maximum absolute atomic E-state index is 14.0. The molecule has 8 rings (SSSR count). The first-order valence-electron chi connectivity index (χ1n) is 18.7. The van der Waals surface area contributed by atoms with Gasteiger partial charge in [0.25, 0.3) is 12.3 Å². The quantitative estimate of drug-likeness (QED) is 0.144. The summed E-state index contributed by atoms with van der Waals surface area (Å²) < 4.78 is 30.1. The number of carbonyl (C=O) groups excluding carboxylic acids is 1. The zero-order valence-corrected chi connectivity index (χ0v) is 30.2. The number of nitrogens with one attached hydrogen (secondary N) is 2. The Morgan fingerprint density at radius 1 is 0.925 bits per heavy atom. The number of piperidine rings is 1. The minimum Gasteiger partial charge on any atom is -0.392 e. The lowest BCUT2D eigenvalue weighted by Gasteiger charge is -2.36. The number of hydrogen-bond acceptors (Lipinski definition) is 9. The minimum absolute atomic E-state index is 0.191. The maximum Gasteiger partial charge on any atom is 0.297 e. The van der Waals surface area contributed by atoms with E-state index in [9.17, 15) is 18.7 Å². The van der Waals surface area contributed by atoms with Crippen molar-refractivity contribution in [3.63, 3.8) is 0 Å². The zero-order valence-electron chi connectivity index (χ0n) is 30.2. The molecule has 6 heterocycles. The summed E-state index contributed by atoms with van der Waals surface area (Å²) in [4.78, 5) is 31.3. The third kappa shape index (κ3) is 7.25. The van der Waals surface area contributed by atoms with Gasteiger partial charge in [-0.1, -0.05) is 30.7 Å². The molecule has 13 heteroatoms. The van der Waals surface area contributed by atoms with E-state index in [1.807, 2.05) is 61.0 Å². The van der Waals surface area contributed by atoms with E-state index in [4.69, 9.17) is 5.10 Å². The van der Waals surface area contributed by atoms with Gasteiger partial charge in [0.1, 0.15) is 5.52 Å². The Kier molecular flexibility index (Phi) is 9.88. The van der Waals surface area contributed by atoms with Gasteiger partial charge in [-0.3, -0.25) is 24.3 Å². The Labute approximate surface area is 307 Å². The predicted octanol–water partition coefficient (Wildman–Crippen LogP) is 7.33. The Hall–Kier alpha value is -4.85. The fourth-order valence-electron chi connectivity index (χ4n) is 8.17. The van der Waals surface area contributed by atoms with E-state index in [2.05, 4.69) is 35.4 Å². The summed E-state index contributed by atoms with van der Waals surface area (Å²) in [5, 5.41) is 21.1. The average molecular weight is 722 g/mol. The normalized spacial score (nSPS) is 19.5. The number of aryl methyl sites for hydroxylation is 1. The number of pyridine rings is 1. The summed E-state index contributed by atoms with van der Waals surface area (Å²) in [6, 6.07) is 15.6. The molecule has 0 radical (unpaired) electrons. The van der Waals surface area contributed by atoms with E-state index in [1.165, 1.54) is 19.3 Å². The number of aliphatic hydroxyl groups is 1. The number of benzene rings is 2. The molecule has 11 nitrogen and oxygen atoms in total. The summed E-state index contributed by atoms with van der Waals surface area (Å²) in [5.41, 5.74) is 8.06. The highest BCUT2D eigenvalue weighted by molar-refractivity contribution is 6.04. The average Bonchev–Trinajstić information content (AvgIpc) is 3.79. The molecule has 0 aliphatic carbocycles. The molecule has 3 aliphatic rings. The van der Waals surface area contributed by atoms with E-state index < -0.39 is 12.2 Å². The lowest BCUT2D eigenvalue weighted by atomic mass is 9.94. The van der Waals surface area contributed by atoms with Crippen LogP contribution in [0.3, 0.4) is 0 Å². The molecule has 0 spiro atoms. The molecule has 0 unspecified atom stereocenters. The minimum atomic E-state index is -2.87. The van der Waals surface area contributed by atoms with Crippen LogP contribution < -0.4 is 10.6 Å². The van der Waals surface area contributed by atoms with Crippen LogP contribution in [0.2, 0.25) is 0 Å². The number of nitrogens with zero attached hydrogens (tertiary/aromatic N) is 7. The predicted molar refractivity (Wildman–Crippen MR) is 200 cm³/mol. The van der Waals surface area contributed by atoms with Crippen molar-refractivity contribution >= 4 is 34.1 Å². The second kappa shape index (κ2) is 14.9. The van der Waals surface area contributed by atoms with Crippen molar-refractivity contribution in [1.82, 2.24) is 34.5 Å². The molecule has 1 amide bonds. The van der Waals surface area contributed by atoms with Gasteiger partial charge >= 0.3 is 0 Å². The van der Waals surface area contributed by atoms with Gasteiger partial charge in [0.2, 0.25) is 0 Å². The van der Waals surface area contributed by atoms with Crippen LogP contribution in [0.1, 0.15) is 89.7 Å². The highest BCUT2D eigenvalue weighted by Crippen LogP contribution is 2.37. The first-order chi connectivity index (χ1) is 25.7. The molecule has 2 fully saturated rings. The molecule has 3 aromatic heterocycles. The summed E-state index contributed by atoms with van der Waals surface area (Å²) in [6.45, 7) is 8.81. The second-order valence-electron chi connectivity index (χ2n) is 14.6. The highest BCUT2D eigenvalue weighted by Gasteiger charge is 2.30. The third-order valence-electron chi connectivity index (χ3n) is 11.0. The van der Waals surface area contributed by atoms with Crippen LogP contribution in [0.5, 0.6) is 0 Å². The number of likely N-dealkylation sites (tertiary alicyclic amines) is 2. The molecule has 3 aliphatic heterocycles. The van der Waals surface area contributed by atoms with Crippen molar-refractivity contribution in [2.75, 3.05) is 36.8 Å². The Morgan fingerprint density at radius 3 is 2.42 bits per heavy atom. The summed E-state index contributed by atoms with van der Waals surface area (Å²) >= 11 is 0. The van der Waals surface area contributed by atoms with E-state index in [-0.39, 0.29) is 17.8 Å². The highest BCUT2D eigenvalue weighted by atomic mass is 19.3. The summed E-state index contributed by atoms with van der Waals surface area (Å²) in [7, 11) is 0. The number of fused-ring (bicyclic) bond motifs is 2. The van der Waals surface area contributed by atoms with Crippen LogP contribution in [0.25, 0.3) is 22.2 Å². The largest absolute Gasteiger partial charge is 0.392 e. The number of carbonyl (C=O) groups is 1. The lowest BCUT2D eigenvalue weighted by Crippen LogP contribution is -2.36. The Bertz CT molecular complexity index is 2150. The zero-order chi connectivity index (χ0) is 36.6. The smallest absolute Gasteiger partial charge is 0.297 e. The molecule has 2 aromatic carbocycles.